The minimum atomic E-state index is -0.568. The van der Waals surface area contributed by atoms with Gasteiger partial charge in [-0.3, -0.25) is 4.90 Å². The Hall–Kier alpha value is -2.53. The average molecular weight is 367 g/mol. The van der Waals surface area contributed by atoms with Gasteiger partial charge in [-0.05, 0) is 71.3 Å². The summed E-state index contributed by atoms with van der Waals surface area (Å²) in [5.74, 6) is 0.303. The molecule has 0 aliphatic carbocycles. The minimum absolute atomic E-state index is 0.322. The summed E-state index contributed by atoms with van der Waals surface area (Å²) in [5.41, 5.74) is 2.44. The smallest absolute Gasteiger partial charge is 0.173 e. The quantitative estimate of drug-likeness (QED) is 0.683. The third kappa shape index (κ3) is 2.31. The molecule has 140 valence electrons. The van der Waals surface area contributed by atoms with Gasteiger partial charge in [0.05, 0.1) is 14.2 Å². The highest BCUT2D eigenvalue weighted by Gasteiger charge is 2.33. The lowest BCUT2D eigenvalue weighted by molar-refractivity contribution is 0.229. The van der Waals surface area contributed by atoms with Gasteiger partial charge in [0.1, 0.15) is 0 Å². The van der Waals surface area contributed by atoms with Crippen molar-refractivity contribution in [2.45, 2.75) is 31.8 Å². The van der Waals surface area contributed by atoms with Crippen molar-refractivity contribution >= 4 is 21.5 Å². The molecule has 3 aromatic carbocycles. The van der Waals surface area contributed by atoms with Crippen LogP contribution in [-0.2, 0) is 13.0 Å². The Kier molecular flexibility index (Phi) is 3.69. The topological polar surface area (TPSA) is 41.9 Å². The van der Waals surface area contributed by atoms with Crippen molar-refractivity contribution in [1.82, 2.24) is 4.90 Å². The Bertz CT molecular complexity index is 1080. The van der Waals surface area contributed by atoms with Crippen molar-refractivity contribution < 1.29 is 19.0 Å². The first-order valence-corrected chi connectivity index (χ1v) is 9.37. The Morgan fingerprint density at radius 1 is 1.04 bits per heavy atom. The number of ether oxygens (including phenoxy) is 2. The van der Waals surface area contributed by atoms with Crippen LogP contribution < -0.4 is 9.47 Å². The zero-order valence-electron chi connectivity index (χ0n) is 15.5. The first-order chi connectivity index (χ1) is 13.1. The lowest BCUT2D eigenvalue weighted by Gasteiger charge is -2.33. The highest BCUT2D eigenvalue weighted by Crippen LogP contribution is 2.45. The van der Waals surface area contributed by atoms with Gasteiger partial charge in [-0.25, -0.2) is 4.39 Å². The standard InChI is InChI=1S/C22H22FNO3/c1-26-19-9-15-16(10-20(19)27-2)21-13(5-6-18(25)22(21)23)14-8-12-4-3-7-24(12)11-17(14)15/h5-6,9-10,12,25H,3-4,7-8,11H2,1-2H3/t12-/m0/s1. The summed E-state index contributed by atoms with van der Waals surface area (Å²) < 4.78 is 26.0. The van der Waals surface area contributed by atoms with Crippen LogP contribution in [0.1, 0.15) is 24.0 Å². The number of methoxy groups -OCH3 is 2. The zero-order valence-corrected chi connectivity index (χ0v) is 15.5. The lowest BCUT2D eigenvalue weighted by Crippen LogP contribution is -2.35. The Morgan fingerprint density at radius 2 is 1.78 bits per heavy atom. The first kappa shape index (κ1) is 16.6. The average Bonchev–Trinajstić information content (AvgIpc) is 3.15. The molecule has 0 saturated carbocycles. The fourth-order valence-corrected chi connectivity index (χ4v) is 4.93. The summed E-state index contributed by atoms with van der Waals surface area (Å²) in [7, 11) is 3.19. The van der Waals surface area contributed by atoms with E-state index in [1.807, 2.05) is 18.2 Å². The maximum absolute atomic E-state index is 15.1. The Balaban J connectivity index is 1.93. The molecule has 27 heavy (non-hydrogen) atoms. The molecule has 3 aromatic rings. The van der Waals surface area contributed by atoms with E-state index in [4.69, 9.17) is 9.47 Å². The SMILES string of the molecule is COc1cc2c3c(c4ccc(O)c(F)c4c2cc1OC)C[C@@H]1CCCN1C3. The summed E-state index contributed by atoms with van der Waals surface area (Å²) >= 11 is 0. The van der Waals surface area contributed by atoms with Crippen LogP contribution in [0.3, 0.4) is 0 Å². The number of hydrogen-bond acceptors (Lipinski definition) is 4. The summed E-state index contributed by atoms with van der Waals surface area (Å²) in [6.45, 7) is 1.98. The second-order valence-electron chi connectivity index (χ2n) is 7.50. The molecule has 1 atom stereocenters. The summed E-state index contributed by atoms with van der Waals surface area (Å²) in [6, 6.07) is 7.62. The van der Waals surface area contributed by atoms with Crippen LogP contribution in [0.15, 0.2) is 24.3 Å². The lowest BCUT2D eigenvalue weighted by atomic mass is 9.85. The maximum atomic E-state index is 15.1. The first-order valence-electron chi connectivity index (χ1n) is 9.37. The van der Waals surface area contributed by atoms with Gasteiger partial charge in [0.15, 0.2) is 23.1 Å². The molecule has 1 N–H and O–H groups in total. The minimum Gasteiger partial charge on any atom is -0.505 e. The van der Waals surface area contributed by atoms with Crippen molar-refractivity contribution in [3.05, 3.63) is 41.2 Å². The van der Waals surface area contributed by atoms with Gasteiger partial charge in [0, 0.05) is 18.0 Å². The molecule has 5 rings (SSSR count). The summed E-state index contributed by atoms with van der Waals surface area (Å²) in [5, 5.41) is 13.1. The largest absolute Gasteiger partial charge is 0.505 e. The second kappa shape index (κ2) is 5.99. The number of benzene rings is 3. The third-order valence-electron chi connectivity index (χ3n) is 6.23. The van der Waals surface area contributed by atoms with E-state index < -0.39 is 5.82 Å². The van der Waals surface area contributed by atoms with E-state index in [1.165, 1.54) is 30.0 Å². The second-order valence-corrected chi connectivity index (χ2v) is 7.50. The van der Waals surface area contributed by atoms with Gasteiger partial charge in [-0.2, -0.15) is 0 Å². The van der Waals surface area contributed by atoms with E-state index in [-0.39, 0.29) is 5.75 Å². The van der Waals surface area contributed by atoms with Gasteiger partial charge >= 0.3 is 0 Å². The molecule has 4 nitrogen and oxygen atoms in total. The number of nitrogens with zero attached hydrogens (tertiary/aromatic N) is 1. The van der Waals surface area contributed by atoms with Crippen LogP contribution in [0.2, 0.25) is 0 Å². The van der Waals surface area contributed by atoms with Gasteiger partial charge < -0.3 is 14.6 Å². The van der Waals surface area contributed by atoms with Crippen molar-refractivity contribution in [2.75, 3.05) is 20.8 Å². The van der Waals surface area contributed by atoms with E-state index in [0.717, 1.165) is 35.7 Å². The van der Waals surface area contributed by atoms with Crippen LogP contribution in [0.25, 0.3) is 21.5 Å². The number of halogens is 1. The van der Waals surface area contributed by atoms with Crippen LogP contribution in [0, 0.1) is 5.82 Å². The Morgan fingerprint density at radius 3 is 2.52 bits per heavy atom. The molecule has 0 spiro atoms. The monoisotopic (exact) mass is 367 g/mol. The predicted octanol–water partition coefficient (Wildman–Crippen LogP) is 4.38. The molecule has 2 aliphatic rings. The number of rotatable bonds is 2. The van der Waals surface area contributed by atoms with E-state index in [2.05, 4.69) is 4.90 Å². The fourth-order valence-electron chi connectivity index (χ4n) is 4.93. The number of aromatic hydroxyl groups is 1. The van der Waals surface area contributed by atoms with Crippen LogP contribution in [0.5, 0.6) is 17.2 Å². The molecule has 0 bridgehead atoms. The van der Waals surface area contributed by atoms with Gasteiger partial charge in [-0.15, -0.1) is 0 Å². The molecular formula is C22H22FNO3. The van der Waals surface area contributed by atoms with Crippen molar-refractivity contribution in [3.63, 3.8) is 0 Å². The number of phenolic OH excluding ortho intramolecular Hbond substituents is 1. The van der Waals surface area contributed by atoms with Crippen molar-refractivity contribution in [3.8, 4) is 17.2 Å². The molecule has 2 heterocycles. The predicted molar refractivity (Wildman–Crippen MR) is 103 cm³/mol. The van der Waals surface area contributed by atoms with Crippen molar-refractivity contribution in [1.29, 1.82) is 0 Å². The molecule has 0 radical (unpaired) electrons. The van der Waals surface area contributed by atoms with Gasteiger partial charge in [0.2, 0.25) is 0 Å². The van der Waals surface area contributed by atoms with Crippen LogP contribution in [-0.4, -0.2) is 36.8 Å². The van der Waals surface area contributed by atoms with Crippen LogP contribution >= 0.6 is 0 Å². The number of phenols is 1. The Labute approximate surface area is 157 Å². The van der Waals surface area contributed by atoms with E-state index in [9.17, 15) is 5.11 Å². The molecule has 0 aromatic heterocycles. The molecule has 2 aliphatic heterocycles. The zero-order chi connectivity index (χ0) is 18.7. The molecule has 1 fully saturated rings. The van der Waals surface area contributed by atoms with Gasteiger partial charge in [-0.1, -0.05) is 6.07 Å². The number of fused-ring (bicyclic) bond motifs is 7. The molecule has 5 heteroatoms. The molecule has 1 saturated heterocycles. The maximum Gasteiger partial charge on any atom is 0.173 e. The van der Waals surface area contributed by atoms with E-state index in [1.54, 1.807) is 14.2 Å². The van der Waals surface area contributed by atoms with E-state index in [0.29, 0.717) is 22.9 Å². The van der Waals surface area contributed by atoms with Gasteiger partial charge in [0.25, 0.3) is 0 Å². The molecule has 0 amide bonds. The number of hydrogen-bond donors (Lipinski definition) is 1. The summed E-state index contributed by atoms with van der Waals surface area (Å²) in [4.78, 5) is 2.53. The highest BCUT2D eigenvalue weighted by atomic mass is 19.1. The molecular weight excluding hydrogens is 345 g/mol. The van der Waals surface area contributed by atoms with Crippen molar-refractivity contribution in [2.24, 2.45) is 0 Å². The third-order valence-corrected chi connectivity index (χ3v) is 6.23. The normalized spacial score (nSPS) is 19.3. The van der Waals surface area contributed by atoms with Crippen LogP contribution in [0.4, 0.5) is 4.39 Å². The molecule has 0 unspecified atom stereocenters. The summed E-state index contributed by atoms with van der Waals surface area (Å²) in [6.07, 6.45) is 3.31. The highest BCUT2D eigenvalue weighted by molar-refractivity contribution is 6.12. The van der Waals surface area contributed by atoms with E-state index >= 15 is 4.39 Å². The fraction of sp³-hybridized carbons (Fsp3) is 0.364.